The molecule has 0 aliphatic carbocycles. The highest BCUT2D eigenvalue weighted by Crippen LogP contribution is 2.10. The van der Waals surface area contributed by atoms with Crippen LogP contribution >= 0.6 is 0 Å². The lowest BCUT2D eigenvalue weighted by molar-refractivity contribution is -0.167. The third kappa shape index (κ3) is 66.2. The van der Waals surface area contributed by atoms with Crippen LogP contribution in [0.3, 0.4) is 0 Å². The Balaban J connectivity index is 4.68. The summed E-state index contributed by atoms with van der Waals surface area (Å²) in [6, 6.07) is 0. The van der Waals surface area contributed by atoms with Crippen LogP contribution < -0.4 is 0 Å². The van der Waals surface area contributed by atoms with E-state index in [1.165, 1.54) is 0 Å². The normalized spacial score (nSPS) is 13.7. The zero-order valence-corrected chi connectivity index (χ0v) is 52.1. The number of carbonyl (C=O) groups excluding carboxylic acids is 3. The molecule has 0 aliphatic rings. The van der Waals surface area contributed by atoms with Gasteiger partial charge < -0.3 is 14.2 Å². The van der Waals surface area contributed by atoms with Gasteiger partial charge in [0, 0.05) is 19.3 Å². The average molecular weight is 1130 g/mol. The van der Waals surface area contributed by atoms with Crippen molar-refractivity contribution in [3.63, 3.8) is 0 Å². The summed E-state index contributed by atoms with van der Waals surface area (Å²) in [5.74, 6) is -1.12. The second kappa shape index (κ2) is 68.0. The third-order valence-electron chi connectivity index (χ3n) is 12.1. The summed E-state index contributed by atoms with van der Waals surface area (Å²) in [6.07, 6.45) is 108. The standard InChI is InChI=1S/C77H112O6/c1-4-7-10-13-16-19-22-25-28-31-33-35-37-38-40-41-43-46-49-52-55-58-61-64-67-70-76(79)82-73-74(72-81-75(78)69-66-63-60-57-54-51-48-45-30-27-24-21-18-15-12-9-6-3)83-77(80)71-68-65-62-59-56-53-50-47-44-42-39-36-34-32-29-26-23-20-17-14-11-8-5-2/h7-12,16-21,25-30,33-36,38,40,42-44,46,48,50-53,55,57,59-60,62,74H,4-6,13-15,22-24,31-32,37,39,41,45,47,49,54,56,58,61,63-73H2,1-3H3/b10-7-,11-8-,12-9-,19-16-,20-17-,21-18-,28-25-,29-26-,30-27-,35-33-,36-34-,40-38-,44-42-,46-43-,51-48-,53-50-,55-52-,60-57-,62-59-. The van der Waals surface area contributed by atoms with E-state index in [0.29, 0.717) is 19.3 Å². The van der Waals surface area contributed by atoms with Crippen LogP contribution in [-0.4, -0.2) is 37.2 Å². The van der Waals surface area contributed by atoms with Crippen molar-refractivity contribution in [2.24, 2.45) is 0 Å². The van der Waals surface area contributed by atoms with Gasteiger partial charge in [-0.3, -0.25) is 14.4 Å². The summed E-state index contributed by atoms with van der Waals surface area (Å²) in [5.41, 5.74) is 0. The number of unbranched alkanes of at least 4 members (excludes halogenated alkanes) is 5. The fraction of sp³-hybridized carbons (Fsp3) is 0.468. The fourth-order valence-corrected chi connectivity index (χ4v) is 7.50. The SMILES string of the molecule is CC/C=C\C/C=C\C/C=C\C/C=C\C/C=C\C/C=C\C/C=C\CCCCCC(=O)OCC(COC(=O)CCC/C=C\C/C=C\C/C=C\C/C=C\C/C=C\CC)OC(=O)CCC/C=C\C/C=C\C/C=C\C/C=C\C/C=C\C/C=C\C/C=C\CC. The van der Waals surface area contributed by atoms with Gasteiger partial charge in [0.15, 0.2) is 6.10 Å². The molecule has 0 spiro atoms. The molecule has 0 saturated carbocycles. The van der Waals surface area contributed by atoms with Gasteiger partial charge in [0.25, 0.3) is 0 Å². The number of ether oxygens (including phenoxy) is 3. The predicted octanol–water partition coefficient (Wildman–Crippen LogP) is 22.3. The Hall–Kier alpha value is -6.53. The highest BCUT2D eigenvalue weighted by atomic mass is 16.6. The van der Waals surface area contributed by atoms with Crippen molar-refractivity contribution in [3.8, 4) is 0 Å². The quantitative estimate of drug-likeness (QED) is 0.0261. The van der Waals surface area contributed by atoms with Crippen LogP contribution in [0.15, 0.2) is 231 Å². The highest BCUT2D eigenvalue weighted by molar-refractivity contribution is 5.71. The van der Waals surface area contributed by atoms with Crippen LogP contribution in [0.5, 0.6) is 0 Å². The number of rotatable bonds is 54. The molecule has 0 N–H and O–H groups in total. The Bertz CT molecular complexity index is 2130. The molecule has 6 nitrogen and oxygen atoms in total. The van der Waals surface area contributed by atoms with E-state index in [9.17, 15) is 14.4 Å². The first kappa shape index (κ1) is 76.5. The number of allylic oxidation sites excluding steroid dienone is 38. The lowest BCUT2D eigenvalue weighted by Crippen LogP contribution is -2.30. The molecule has 0 amide bonds. The van der Waals surface area contributed by atoms with Crippen molar-refractivity contribution in [1.82, 2.24) is 0 Å². The molecular weight excluding hydrogens is 1020 g/mol. The largest absolute Gasteiger partial charge is 0.462 e. The maximum atomic E-state index is 12.9. The molecule has 0 fully saturated rings. The minimum absolute atomic E-state index is 0.152. The summed E-state index contributed by atoms with van der Waals surface area (Å²) in [4.78, 5) is 38.3. The Morgan fingerprint density at radius 1 is 0.241 bits per heavy atom. The lowest BCUT2D eigenvalue weighted by atomic mass is 10.1. The van der Waals surface area contributed by atoms with Crippen LogP contribution in [0.25, 0.3) is 0 Å². The van der Waals surface area contributed by atoms with Crippen LogP contribution in [-0.2, 0) is 28.6 Å². The molecule has 0 aliphatic heterocycles. The molecule has 0 heterocycles. The van der Waals surface area contributed by atoms with Crippen molar-refractivity contribution in [2.45, 2.75) is 219 Å². The van der Waals surface area contributed by atoms with Crippen LogP contribution in [0.1, 0.15) is 213 Å². The van der Waals surface area contributed by atoms with Crippen LogP contribution in [0, 0.1) is 0 Å². The first-order valence-corrected chi connectivity index (χ1v) is 31.9. The number of hydrogen-bond donors (Lipinski definition) is 0. The van der Waals surface area contributed by atoms with E-state index in [-0.39, 0.29) is 44.4 Å². The van der Waals surface area contributed by atoms with Gasteiger partial charge in [-0.1, -0.05) is 258 Å². The van der Waals surface area contributed by atoms with Gasteiger partial charge in [-0.05, 0) is 167 Å². The molecule has 0 rings (SSSR count). The summed E-state index contributed by atoms with van der Waals surface area (Å²) in [7, 11) is 0. The third-order valence-corrected chi connectivity index (χ3v) is 12.1. The van der Waals surface area contributed by atoms with E-state index in [1.54, 1.807) is 0 Å². The molecule has 0 saturated heterocycles. The van der Waals surface area contributed by atoms with E-state index in [4.69, 9.17) is 14.2 Å². The first-order chi connectivity index (χ1) is 41.0. The van der Waals surface area contributed by atoms with E-state index < -0.39 is 12.1 Å². The molecule has 456 valence electrons. The minimum atomic E-state index is -0.865. The smallest absolute Gasteiger partial charge is 0.306 e. The number of hydrogen-bond acceptors (Lipinski definition) is 6. The molecule has 1 unspecified atom stereocenters. The summed E-state index contributed by atoms with van der Waals surface area (Å²) >= 11 is 0. The molecule has 83 heavy (non-hydrogen) atoms. The van der Waals surface area contributed by atoms with Gasteiger partial charge in [-0.15, -0.1) is 0 Å². The Labute approximate surface area is 507 Å². The Morgan fingerprint density at radius 2 is 0.446 bits per heavy atom. The molecule has 6 heteroatoms. The topological polar surface area (TPSA) is 78.9 Å². The van der Waals surface area contributed by atoms with Gasteiger partial charge in [0.2, 0.25) is 0 Å². The average Bonchev–Trinajstić information content (AvgIpc) is 3.49. The summed E-state index contributed by atoms with van der Waals surface area (Å²) in [5, 5.41) is 0. The molecular formula is C77H112O6. The molecule has 0 aromatic heterocycles. The first-order valence-electron chi connectivity index (χ1n) is 31.9. The van der Waals surface area contributed by atoms with Crippen molar-refractivity contribution in [3.05, 3.63) is 231 Å². The minimum Gasteiger partial charge on any atom is -0.462 e. The van der Waals surface area contributed by atoms with Gasteiger partial charge >= 0.3 is 17.9 Å². The molecule has 0 bridgehead atoms. The van der Waals surface area contributed by atoms with E-state index in [1.807, 2.05) is 0 Å². The monoisotopic (exact) mass is 1130 g/mol. The van der Waals surface area contributed by atoms with Gasteiger partial charge in [-0.25, -0.2) is 0 Å². The Morgan fingerprint density at radius 3 is 0.699 bits per heavy atom. The molecule has 1 atom stereocenters. The van der Waals surface area contributed by atoms with E-state index >= 15 is 0 Å². The van der Waals surface area contributed by atoms with Crippen LogP contribution in [0.2, 0.25) is 0 Å². The van der Waals surface area contributed by atoms with Crippen molar-refractivity contribution in [2.75, 3.05) is 13.2 Å². The van der Waals surface area contributed by atoms with Crippen molar-refractivity contribution in [1.29, 1.82) is 0 Å². The highest BCUT2D eigenvalue weighted by Gasteiger charge is 2.19. The van der Waals surface area contributed by atoms with Crippen LogP contribution in [0.4, 0.5) is 0 Å². The number of carbonyl (C=O) groups is 3. The molecule has 0 radical (unpaired) electrons. The molecule has 0 aromatic carbocycles. The van der Waals surface area contributed by atoms with E-state index in [0.717, 1.165) is 154 Å². The maximum Gasteiger partial charge on any atom is 0.306 e. The second-order valence-corrected chi connectivity index (χ2v) is 19.8. The zero-order valence-electron chi connectivity index (χ0n) is 52.1. The zero-order chi connectivity index (χ0) is 59.9. The van der Waals surface area contributed by atoms with Gasteiger partial charge in [-0.2, -0.15) is 0 Å². The lowest BCUT2D eigenvalue weighted by Gasteiger charge is -2.18. The number of esters is 3. The maximum absolute atomic E-state index is 12.9. The van der Waals surface area contributed by atoms with Gasteiger partial charge in [0.05, 0.1) is 0 Å². The summed E-state index contributed by atoms with van der Waals surface area (Å²) in [6.45, 7) is 6.14. The summed E-state index contributed by atoms with van der Waals surface area (Å²) < 4.78 is 16.8. The van der Waals surface area contributed by atoms with Crippen molar-refractivity contribution < 1.29 is 28.6 Å². The molecule has 0 aromatic rings. The van der Waals surface area contributed by atoms with Crippen molar-refractivity contribution >= 4 is 17.9 Å². The fourth-order valence-electron chi connectivity index (χ4n) is 7.50. The predicted molar refractivity (Wildman–Crippen MR) is 361 cm³/mol. The van der Waals surface area contributed by atoms with E-state index in [2.05, 4.69) is 252 Å². The van der Waals surface area contributed by atoms with Gasteiger partial charge in [0.1, 0.15) is 13.2 Å². The second-order valence-electron chi connectivity index (χ2n) is 19.8. The Kier molecular flexibility index (Phi) is 62.6.